The number of urea groups is 1. The lowest BCUT2D eigenvalue weighted by molar-refractivity contribution is -0.384. The molecule has 2 aromatic rings. The fraction of sp³-hybridized carbons (Fsp3) is 0.316. The molecule has 0 saturated heterocycles. The first-order valence-electron chi connectivity index (χ1n) is 8.89. The van der Waals surface area contributed by atoms with Gasteiger partial charge in [0.05, 0.1) is 4.92 Å². The molecule has 0 saturated carbocycles. The van der Waals surface area contributed by atoms with Crippen LogP contribution in [-0.4, -0.2) is 17.5 Å². The molecule has 7 nitrogen and oxygen atoms in total. The Morgan fingerprint density at radius 2 is 1.83 bits per heavy atom. The van der Waals surface area contributed by atoms with E-state index in [0.29, 0.717) is 6.54 Å². The molecule has 0 spiro atoms. The van der Waals surface area contributed by atoms with Gasteiger partial charge >= 0.3 is 12.2 Å². The number of hydrogen-bond donors (Lipinski definition) is 2. The molecule has 0 aromatic heterocycles. The van der Waals surface area contributed by atoms with Gasteiger partial charge in [-0.3, -0.25) is 10.1 Å². The Balaban J connectivity index is 2.15. The van der Waals surface area contributed by atoms with E-state index in [1.807, 2.05) is 6.92 Å². The Morgan fingerprint density at radius 1 is 1.14 bits per heavy atom. The third kappa shape index (κ3) is 6.66. The number of unbranched alkanes of at least 4 members (excludes halogenated alkanes) is 2. The highest BCUT2D eigenvalue weighted by Crippen LogP contribution is 2.39. The number of halogens is 3. The van der Waals surface area contributed by atoms with E-state index in [9.17, 15) is 28.1 Å². The van der Waals surface area contributed by atoms with Gasteiger partial charge in [-0.25, -0.2) is 4.79 Å². The topological polar surface area (TPSA) is 93.5 Å². The maximum absolute atomic E-state index is 13.4. The van der Waals surface area contributed by atoms with Crippen molar-refractivity contribution in [3.05, 3.63) is 58.1 Å². The molecule has 2 N–H and O–H groups in total. The lowest BCUT2D eigenvalue weighted by Crippen LogP contribution is -2.29. The van der Waals surface area contributed by atoms with Crippen LogP contribution in [0.2, 0.25) is 0 Å². The minimum atomic E-state index is -4.73. The van der Waals surface area contributed by atoms with Crippen LogP contribution in [0.1, 0.15) is 31.7 Å². The molecule has 2 aromatic carbocycles. The zero-order valence-electron chi connectivity index (χ0n) is 15.6. The Bertz CT molecular complexity index is 855. The summed E-state index contributed by atoms with van der Waals surface area (Å²) in [6.07, 6.45) is -2.03. The molecule has 0 unspecified atom stereocenters. The van der Waals surface area contributed by atoms with Gasteiger partial charge in [0.1, 0.15) is 17.1 Å². The van der Waals surface area contributed by atoms with Crippen LogP contribution in [0, 0.1) is 10.1 Å². The molecule has 0 bridgehead atoms. The van der Waals surface area contributed by atoms with Crippen LogP contribution in [0.25, 0.3) is 0 Å². The fourth-order valence-corrected chi connectivity index (χ4v) is 2.43. The lowest BCUT2D eigenvalue weighted by atomic mass is 10.1. The van der Waals surface area contributed by atoms with Crippen molar-refractivity contribution < 1.29 is 27.6 Å². The van der Waals surface area contributed by atoms with Crippen LogP contribution >= 0.6 is 0 Å². The smallest absolute Gasteiger partial charge is 0.420 e. The molecule has 156 valence electrons. The molecule has 10 heteroatoms. The van der Waals surface area contributed by atoms with Crippen molar-refractivity contribution in [3.63, 3.8) is 0 Å². The molecular formula is C19H20F3N3O4. The largest absolute Gasteiger partial charge is 0.457 e. The number of carbonyl (C=O) groups excluding carboxylic acids is 1. The monoisotopic (exact) mass is 411 g/mol. The summed E-state index contributed by atoms with van der Waals surface area (Å²) in [5.41, 5.74) is -1.33. The molecule has 0 aliphatic rings. The van der Waals surface area contributed by atoms with Crippen molar-refractivity contribution in [2.45, 2.75) is 32.4 Å². The standard InChI is InChI=1S/C19H20F3N3O4/c1-2-3-4-11-23-18(26)24-13-5-10-17(16(12-13)19(20,21)22)29-15-8-6-14(7-9-15)25(27)28/h5-10,12H,2-4,11H2,1H3,(H2,23,24,26). The number of hydrogen-bond acceptors (Lipinski definition) is 4. The number of ether oxygens (including phenoxy) is 1. The molecular weight excluding hydrogens is 391 g/mol. The van der Waals surface area contributed by atoms with Gasteiger partial charge in [0.15, 0.2) is 0 Å². The van der Waals surface area contributed by atoms with Crippen molar-refractivity contribution in [3.8, 4) is 11.5 Å². The van der Waals surface area contributed by atoms with Gasteiger partial charge in [0.2, 0.25) is 0 Å². The maximum atomic E-state index is 13.4. The summed E-state index contributed by atoms with van der Waals surface area (Å²) < 4.78 is 45.5. The van der Waals surface area contributed by atoms with Crippen molar-refractivity contribution in [1.82, 2.24) is 5.32 Å². The molecule has 0 radical (unpaired) electrons. The number of nitro groups is 1. The first-order valence-corrected chi connectivity index (χ1v) is 8.89. The summed E-state index contributed by atoms with van der Waals surface area (Å²) in [6, 6.07) is 7.19. The second-order valence-corrected chi connectivity index (χ2v) is 6.15. The van der Waals surface area contributed by atoms with Crippen molar-refractivity contribution in [2.24, 2.45) is 0 Å². The summed E-state index contributed by atoms with van der Waals surface area (Å²) in [6.45, 7) is 2.44. The van der Waals surface area contributed by atoms with E-state index in [1.165, 1.54) is 18.2 Å². The molecule has 0 atom stereocenters. The maximum Gasteiger partial charge on any atom is 0.420 e. The fourth-order valence-electron chi connectivity index (χ4n) is 2.43. The molecule has 2 amide bonds. The van der Waals surface area contributed by atoms with Crippen molar-refractivity contribution >= 4 is 17.4 Å². The quantitative estimate of drug-likeness (QED) is 0.330. The first kappa shape index (κ1) is 22.0. The number of amides is 2. The Kier molecular flexibility index (Phi) is 7.40. The van der Waals surface area contributed by atoms with Gasteiger partial charge in [0.25, 0.3) is 5.69 Å². The zero-order chi connectivity index (χ0) is 21.4. The van der Waals surface area contributed by atoms with E-state index in [4.69, 9.17) is 4.74 Å². The number of anilines is 1. The van der Waals surface area contributed by atoms with E-state index in [-0.39, 0.29) is 17.1 Å². The van der Waals surface area contributed by atoms with E-state index >= 15 is 0 Å². The summed E-state index contributed by atoms with van der Waals surface area (Å²) in [4.78, 5) is 21.8. The minimum Gasteiger partial charge on any atom is -0.457 e. The summed E-state index contributed by atoms with van der Waals surface area (Å²) >= 11 is 0. The Labute approximate surface area is 165 Å². The summed E-state index contributed by atoms with van der Waals surface area (Å²) in [7, 11) is 0. The number of non-ortho nitro benzene ring substituents is 1. The van der Waals surface area contributed by atoms with E-state index in [1.54, 1.807) is 0 Å². The summed E-state index contributed by atoms with van der Waals surface area (Å²) in [5, 5.41) is 15.6. The molecule has 29 heavy (non-hydrogen) atoms. The van der Waals surface area contributed by atoms with Crippen LogP contribution in [-0.2, 0) is 6.18 Å². The number of benzene rings is 2. The third-order valence-electron chi connectivity index (χ3n) is 3.88. The molecule has 0 fully saturated rings. The predicted octanol–water partition coefficient (Wildman–Crippen LogP) is 5.72. The highest BCUT2D eigenvalue weighted by atomic mass is 19.4. The molecule has 0 heterocycles. The third-order valence-corrected chi connectivity index (χ3v) is 3.88. The lowest BCUT2D eigenvalue weighted by Gasteiger charge is -2.16. The molecule has 0 aliphatic carbocycles. The minimum absolute atomic E-state index is 0.00970. The average Bonchev–Trinajstić information content (AvgIpc) is 2.66. The van der Waals surface area contributed by atoms with Crippen LogP contribution in [0.5, 0.6) is 11.5 Å². The number of nitrogens with one attached hydrogen (secondary N) is 2. The number of nitrogens with zero attached hydrogens (tertiary/aromatic N) is 1. The second-order valence-electron chi connectivity index (χ2n) is 6.15. The van der Waals surface area contributed by atoms with Crippen LogP contribution in [0.3, 0.4) is 0 Å². The number of nitro benzene ring substituents is 1. The number of alkyl halides is 3. The van der Waals surface area contributed by atoms with E-state index < -0.39 is 28.4 Å². The second kappa shape index (κ2) is 9.76. The van der Waals surface area contributed by atoms with E-state index in [0.717, 1.165) is 43.5 Å². The predicted molar refractivity (Wildman–Crippen MR) is 101 cm³/mol. The Hall–Kier alpha value is -3.30. The normalized spacial score (nSPS) is 11.0. The van der Waals surface area contributed by atoms with E-state index in [2.05, 4.69) is 10.6 Å². The van der Waals surface area contributed by atoms with Crippen LogP contribution in [0.15, 0.2) is 42.5 Å². The zero-order valence-corrected chi connectivity index (χ0v) is 15.6. The molecule has 2 rings (SSSR count). The van der Waals surface area contributed by atoms with Gasteiger partial charge < -0.3 is 15.4 Å². The highest BCUT2D eigenvalue weighted by molar-refractivity contribution is 5.89. The SMILES string of the molecule is CCCCCNC(=O)Nc1ccc(Oc2ccc([N+](=O)[O-])cc2)c(C(F)(F)F)c1. The van der Waals surface area contributed by atoms with Crippen molar-refractivity contribution in [2.75, 3.05) is 11.9 Å². The highest BCUT2D eigenvalue weighted by Gasteiger charge is 2.35. The molecule has 0 aliphatic heterocycles. The van der Waals surface area contributed by atoms with Crippen molar-refractivity contribution in [1.29, 1.82) is 0 Å². The van der Waals surface area contributed by atoms with Gasteiger partial charge in [-0.2, -0.15) is 13.2 Å². The number of carbonyl (C=O) groups is 1. The number of rotatable bonds is 8. The summed E-state index contributed by atoms with van der Waals surface area (Å²) in [5.74, 6) is -0.476. The van der Waals surface area contributed by atoms with Gasteiger partial charge in [-0.1, -0.05) is 19.8 Å². The van der Waals surface area contributed by atoms with Gasteiger partial charge in [0, 0.05) is 24.4 Å². The van der Waals surface area contributed by atoms with Gasteiger partial charge in [-0.15, -0.1) is 0 Å². The Morgan fingerprint density at radius 3 is 2.41 bits per heavy atom. The average molecular weight is 411 g/mol. The first-order chi connectivity index (χ1) is 13.7. The van der Waals surface area contributed by atoms with Crippen LogP contribution in [0.4, 0.5) is 29.3 Å². The van der Waals surface area contributed by atoms with Gasteiger partial charge in [-0.05, 0) is 36.8 Å². The van der Waals surface area contributed by atoms with Crippen LogP contribution < -0.4 is 15.4 Å².